The van der Waals surface area contributed by atoms with E-state index in [4.69, 9.17) is 16.2 Å². The number of nitrogens with zero attached hydrogens (tertiary/aromatic N) is 3. The van der Waals surface area contributed by atoms with E-state index in [-0.39, 0.29) is 5.96 Å². The molecule has 1 aromatic carbocycles. The molecule has 0 saturated carbocycles. The molecule has 2 rings (SSSR count). The lowest BCUT2D eigenvalue weighted by atomic mass is 10.2. The number of ether oxygens (including phenoxy) is 1. The molecule has 6 nitrogen and oxygen atoms in total. The first-order valence-electron chi connectivity index (χ1n) is 7.53. The number of para-hydroxylation sites is 2. The summed E-state index contributed by atoms with van der Waals surface area (Å²) in [4.78, 5) is 8.03. The summed E-state index contributed by atoms with van der Waals surface area (Å²) in [6, 6.07) is 7.97. The molecule has 0 aliphatic carbocycles. The van der Waals surface area contributed by atoms with Gasteiger partial charge in [0.25, 0.3) is 0 Å². The summed E-state index contributed by atoms with van der Waals surface area (Å²) in [7, 11) is 0. The number of imidazole rings is 1. The lowest BCUT2D eigenvalue weighted by molar-refractivity contribution is 0.304. The first-order chi connectivity index (χ1) is 10.8. The van der Waals surface area contributed by atoms with E-state index in [0.29, 0.717) is 13.2 Å². The van der Waals surface area contributed by atoms with Gasteiger partial charge < -0.3 is 20.8 Å². The lowest BCUT2D eigenvalue weighted by Crippen LogP contribution is -2.22. The minimum atomic E-state index is 0.166. The molecule has 0 saturated heterocycles. The second-order valence-electron chi connectivity index (χ2n) is 5.01. The summed E-state index contributed by atoms with van der Waals surface area (Å²) in [5.41, 5.74) is 11.6. The molecule has 4 N–H and O–H groups in total. The van der Waals surface area contributed by atoms with Crippen molar-refractivity contribution in [2.24, 2.45) is 16.5 Å². The quantitative estimate of drug-likeness (QED) is 0.421. The number of aromatic nitrogens is 2. The number of benzene rings is 1. The maximum Gasteiger partial charge on any atom is 0.185 e. The standard InChI is InChI=1S/C16H23N5O/c17-16(18)20-9-5-1-2-6-12-22-15-8-4-3-7-14(15)21-11-10-19-13-21/h3-4,7-8,10-11,13H,1-2,5-6,9,12H2,(H4,17,18,20). The molecule has 0 aliphatic rings. The Kier molecular flexibility index (Phi) is 6.29. The first-order valence-corrected chi connectivity index (χ1v) is 7.53. The Labute approximate surface area is 130 Å². The van der Waals surface area contributed by atoms with Gasteiger partial charge in [0.2, 0.25) is 0 Å². The van der Waals surface area contributed by atoms with E-state index >= 15 is 0 Å². The number of aliphatic imine (C=N–C) groups is 1. The van der Waals surface area contributed by atoms with Crippen molar-refractivity contribution in [2.75, 3.05) is 13.2 Å². The van der Waals surface area contributed by atoms with E-state index in [2.05, 4.69) is 9.98 Å². The van der Waals surface area contributed by atoms with Crippen LogP contribution in [0.2, 0.25) is 0 Å². The zero-order chi connectivity index (χ0) is 15.6. The van der Waals surface area contributed by atoms with Crippen LogP contribution >= 0.6 is 0 Å². The molecule has 0 amide bonds. The van der Waals surface area contributed by atoms with Crippen molar-refractivity contribution >= 4 is 5.96 Å². The molecule has 0 bridgehead atoms. The van der Waals surface area contributed by atoms with Crippen LogP contribution in [-0.4, -0.2) is 28.7 Å². The van der Waals surface area contributed by atoms with Gasteiger partial charge in [-0.3, -0.25) is 4.99 Å². The average Bonchev–Trinajstić information content (AvgIpc) is 3.04. The molecule has 0 atom stereocenters. The lowest BCUT2D eigenvalue weighted by Gasteiger charge is -2.11. The normalized spacial score (nSPS) is 10.4. The van der Waals surface area contributed by atoms with Crippen LogP contribution in [0.3, 0.4) is 0 Å². The van der Waals surface area contributed by atoms with Crippen molar-refractivity contribution in [1.29, 1.82) is 0 Å². The van der Waals surface area contributed by atoms with Crippen LogP contribution in [0.1, 0.15) is 25.7 Å². The van der Waals surface area contributed by atoms with E-state index < -0.39 is 0 Å². The van der Waals surface area contributed by atoms with Crippen LogP contribution in [-0.2, 0) is 0 Å². The summed E-state index contributed by atoms with van der Waals surface area (Å²) in [5, 5.41) is 0. The summed E-state index contributed by atoms with van der Waals surface area (Å²) < 4.78 is 7.84. The predicted octanol–water partition coefficient (Wildman–Crippen LogP) is 2.08. The third-order valence-corrected chi connectivity index (χ3v) is 3.25. The summed E-state index contributed by atoms with van der Waals surface area (Å²) in [6.07, 6.45) is 9.66. The van der Waals surface area contributed by atoms with Crippen molar-refractivity contribution in [3.63, 3.8) is 0 Å². The van der Waals surface area contributed by atoms with Gasteiger partial charge in [0.15, 0.2) is 5.96 Å². The molecular formula is C16H23N5O. The van der Waals surface area contributed by atoms with Crippen molar-refractivity contribution in [2.45, 2.75) is 25.7 Å². The number of hydrogen-bond acceptors (Lipinski definition) is 3. The van der Waals surface area contributed by atoms with E-state index in [0.717, 1.165) is 37.1 Å². The van der Waals surface area contributed by atoms with Crippen molar-refractivity contribution in [3.05, 3.63) is 43.0 Å². The number of rotatable bonds is 9. The van der Waals surface area contributed by atoms with Crippen LogP contribution < -0.4 is 16.2 Å². The third-order valence-electron chi connectivity index (χ3n) is 3.25. The fraction of sp³-hybridized carbons (Fsp3) is 0.375. The van der Waals surface area contributed by atoms with Crippen LogP contribution in [0.4, 0.5) is 0 Å². The molecule has 118 valence electrons. The fourth-order valence-corrected chi connectivity index (χ4v) is 2.15. The predicted molar refractivity (Wildman–Crippen MR) is 88.2 cm³/mol. The van der Waals surface area contributed by atoms with Gasteiger partial charge in [0, 0.05) is 18.9 Å². The highest BCUT2D eigenvalue weighted by atomic mass is 16.5. The Balaban J connectivity index is 1.71. The van der Waals surface area contributed by atoms with Crippen molar-refractivity contribution < 1.29 is 4.74 Å². The molecule has 1 heterocycles. The fourth-order valence-electron chi connectivity index (χ4n) is 2.15. The number of guanidine groups is 1. The van der Waals surface area contributed by atoms with Crippen LogP contribution in [0.5, 0.6) is 5.75 Å². The number of nitrogens with two attached hydrogens (primary N) is 2. The van der Waals surface area contributed by atoms with E-state index in [9.17, 15) is 0 Å². The second kappa shape index (κ2) is 8.71. The maximum atomic E-state index is 5.89. The second-order valence-corrected chi connectivity index (χ2v) is 5.01. The van der Waals surface area contributed by atoms with Gasteiger partial charge in [-0.15, -0.1) is 0 Å². The Hall–Kier alpha value is -2.50. The molecule has 6 heteroatoms. The molecule has 0 spiro atoms. The Morgan fingerprint density at radius 2 is 1.95 bits per heavy atom. The SMILES string of the molecule is NC(N)=NCCCCCCOc1ccccc1-n1ccnc1. The summed E-state index contributed by atoms with van der Waals surface area (Å²) in [5.74, 6) is 1.04. The zero-order valence-corrected chi connectivity index (χ0v) is 12.7. The van der Waals surface area contributed by atoms with Crippen LogP contribution in [0, 0.1) is 0 Å². The molecule has 0 aliphatic heterocycles. The molecule has 0 fully saturated rings. The summed E-state index contributed by atoms with van der Waals surface area (Å²) >= 11 is 0. The van der Waals surface area contributed by atoms with E-state index in [1.165, 1.54) is 0 Å². The van der Waals surface area contributed by atoms with E-state index in [1.54, 1.807) is 12.5 Å². The Morgan fingerprint density at radius 1 is 1.14 bits per heavy atom. The maximum absolute atomic E-state index is 5.89. The molecule has 22 heavy (non-hydrogen) atoms. The minimum absolute atomic E-state index is 0.166. The van der Waals surface area contributed by atoms with Gasteiger partial charge in [-0.05, 0) is 31.4 Å². The molecule has 0 radical (unpaired) electrons. The van der Waals surface area contributed by atoms with Crippen LogP contribution in [0.25, 0.3) is 5.69 Å². The van der Waals surface area contributed by atoms with Crippen molar-refractivity contribution in [1.82, 2.24) is 9.55 Å². The van der Waals surface area contributed by atoms with Gasteiger partial charge >= 0.3 is 0 Å². The average molecular weight is 301 g/mol. The molecule has 0 unspecified atom stereocenters. The smallest absolute Gasteiger partial charge is 0.185 e. The van der Waals surface area contributed by atoms with Gasteiger partial charge in [-0.25, -0.2) is 4.98 Å². The third kappa shape index (κ3) is 5.12. The van der Waals surface area contributed by atoms with Gasteiger partial charge in [0.1, 0.15) is 5.75 Å². The minimum Gasteiger partial charge on any atom is -0.491 e. The van der Waals surface area contributed by atoms with Gasteiger partial charge in [-0.1, -0.05) is 18.6 Å². The zero-order valence-electron chi connectivity index (χ0n) is 12.7. The van der Waals surface area contributed by atoms with Gasteiger partial charge in [-0.2, -0.15) is 0 Å². The van der Waals surface area contributed by atoms with Crippen LogP contribution in [0.15, 0.2) is 48.0 Å². The Bertz CT molecular complexity index is 576. The van der Waals surface area contributed by atoms with Gasteiger partial charge in [0.05, 0.1) is 18.6 Å². The first kappa shape index (κ1) is 15.9. The van der Waals surface area contributed by atoms with Crippen molar-refractivity contribution in [3.8, 4) is 11.4 Å². The molecule has 2 aromatic rings. The molecule has 1 aromatic heterocycles. The topological polar surface area (TPSA) is 91.5 Å². The number of hydrogen-bond donors (Lipinski definition) is 2. The monoisotopic (exact) mass is 301 g/mol. The highest BCUT2D eigenvalue weighted by molar-refractivity contribution is 5.75. The Morgan fingerprint density at radius 3 is 2.73 bits per heavy atom. The summed E-state index contributed by atoms with van der Waals surface area (Å²) in [6.45, 7) is 1.40. The largest absolute Gasteiger partial charge is 0.491 e. The van der Waals surface area contributed by atoms with E-state index in [1.807, 2.05) is 35.0 Å². The number of unbranched alkanes of at least 4 members (excludes halogenated alkanes) is 3. The molecular weight excluding hydrogens is 278 g/mol. The highest BCUT2D eigenvalue weighted by Crippen LogP contribution is 2.22. The highest BCUT2D eigenvalue weighted by Gasteiger charge is 2.04.